The van der Waals surface area contributed by atoms with Crippen LogP contribution < -0.4 is 11.1 Å². The molecule has 1 saturated carbocycles. The van der Waals surface area contributed by atoms with Crippen molar-refractivity contribution in [3.63, 3.8) is 0 Å². The third-order valence-electron chi connectivity index (χ3n) is 3.54. The van der Waals surface area contributed by atoms with Crippen LogP contribution in [0.3, 0.4) is 0 Å². The first kappa shape index (κ1) is 14.0. The van der Waals surface area contributed by atoms with Gasteiger partial charge in [-0.1, -0.05) is 18.6 Å². The first-order valence-electron chi connectivity index (χ1n) is 6.46. The molecule has 19 heavy (non-hydrogen) atoms. The van der Waals surface area contributed by atoms with Gasteiger partial charge in [0.05, 0.1) is 6.54 Å². The van der Waals surface area contributed by atoms with E-state index in [1.54, 1.807) is 0 Å². The lowest BCUT2D eigenvalue weighted by molar-refractivity contribution is -0.117. The number of nitrogens with zero attached hydrogens (tertiary/aromatic N) is 1. The van der Waals surface area contributed by atoms with E-state index in [1.807, 2.05) is 31.3 Å². The molecule has 1 aliphatic carbocycles. The number of nitrogens with one attached hydrogen (secondary N) is 1. The summed E-state index contributed by atoms with van der Waals surface area (Å²) >= 11 is 4.88. The van der Waals surface area contributed by atoms with E-state index in [4.69, 9.17) is 18.0 Å². The number of hydrogen-bond acceptors (Lipinski definition) is 3. The second-order valence-electron chi connectivity index (χ2n) is 4.99. The zero-order chi connectivity index (χ0) is 13.8. The molecule has 5 heteroatoms. The van der Waals surface area contributed by atoms with Gasteiger partial charge in [0.15, 0.2) is 0 Å². The van der Waals surface area contributed by atoms with E-state index < -0.39 is 0 Å². The van der Waals surface area contributed by atoms with Crippen LogP contribution in [0.5, 0.6) is 0 Å². The van der Waals surface area contributed by atoms with Crippen molar-refractivity contribution in [2.75, 3.05) is 18.9 Å². The van der Waals surface area contributed by atoms with Crippen molar-refractivity contribution < 1.29 is 4.79 Å². The monoisotopic (exact) mass is 277 g/mol. The van der Waals surface area contributed by atoms with Crippen molar-refractivity contribution in [3.05, 3.63) is 29.8 Å². The van der Waals surface area contributed by atoms with E-state index in [0.29, 0.717) is 17.6 Å². The predicted molar refractivity (Wildman–Crippen MR) is 81.2 cm³/mol. The van der Waals surface area contributed by atoms with Crippen molar-refractivity contribution in [1.29, 1.82) is 0 Å². The van der Waals surface area contributed by atoms with Gasteiger partial charge in [-0.25, -0.2) is 0 Å². The Kier molecular flexibility index (Phi) is 4.50. The van der Waals surface area contributed by atoms with Crippen LogP contribution in [0, 0.1) is 0 Å². The molecule has 0 unspecified atom stereocenters. The fraction of sp³-hybridized carbons (Fsp3) is 0.429. The zero-order valence-corrected chi connectivity index (χ0v) is 11.9. The highest BCUT2D eigenvalue weighted by molar-refractivity contribution is 7.80. The van der Waals surface area contributed by atoms with Crippen LogP contribution in [0.25, 0.3) is 0 Å². The highest BCUT2D eigenvalue weighted by Crippen LogP contribution is 2.23. The largest absolute Gasteiger partial charge is 0.389 e. The van der Waals surface area contributed by atoms with Crippen LogP contribution in [0.2, 0.25) is 0 Å². The summed E-state index contributed by atoms with van der Waals surface area (Å²) in [5.74, 6) is 0.0116. The highest BCUT2D eigenvalue weighted by atomic mass is 32.1. The Morgan fingerprint density at radius 2 is 2.05 bits per heavy atom. The molecule has 2 rings (SSSR count). The van der Waals surface area contributed by atoms with Crippen LogP contribution in [0.1, 0.15) is 24.8 Å². The van der Waals surface area contributed by atoms with Gasteiger partial charge in [-0.3, -0.25) is 9.69 Å². The van der Waals surface area contributed by atoms with E-state index in [1.165, 1.54) is 19.3 Å². The Bertz CT molecular complexity index is 468. The molecule has 0 aliphatic heterocycles. The molecule has 0 bridgehead atoms. The number of amides is 1. The smallest absolute Gasteiger partial charge is 0.238 e. The van der Waals surface area contributed by atoms with Gasteiger partial charge in [0.1, 0.15) is 4.99 Å². The lowest BCUT2D eigenvalue weighted by Crippen LogP contribution is -2.41. The second-order valence-corrected chi connectivity index (χ2v) is 5.43. The highest BCUT2D eigenvalue weighted by Gasteiger charge is 2.23. The Morgan fingerprint density at radius 3 is 2.53 bits per heavy atom. The van der Waals surface area contributed by atoms with Gasteiger partial charge < -0.3 is 11.1 Å². The van der Waals surface area contributed by atoms with Gasteiger partial charge in [0, 0.05) is 17.3 Å². The van der Waals surface area contributed by atoms with Crippen LogP contribution >= 0.6 is 12.2 Å². The van der Waals surface area contributed by atoms with Crippen molar-refractivity contribution >= 4 is 28.8 Å². The predicted octanol–water partition coefficient (Wildman–Crippen LogP) is 1.74. The minimum absolute atomic E-state index is 0.0116. The van der Waals surface area contributed by atoms with E-state index in [9.17, 15) is 4.79 Å². The van der Waals surface area contributed by atoms with Crippen LogP contribution in [0.15, 0.2) is 24.3 Å². The maximum atomic E-state index is 11.9. The molecule has 1 aromatic rings. The van der Waals surface area contributed by atoms with Crippen molar-refractivity contribution in [2.45, 2.75) is 25.3 Å². The number of benzene rings is 1. The first-order valence-corrected chi connectivity index (χ1v) is 6.87. The van der Waals surface area contributed by atoms with Crippen molar-refractivity contribution in [1.82, 2.24) is 4.90 Å². The summed E-state index contributed by atoms with van der Waals surface area (Å²) in [5, 5.41) is 2.88. The molecule has 0 saturated heterocycles. The summed E-state index contributed by atoms with van der Waals surface area (Å²) in [6.07, 6.45) is 3.68. The molecule has 0 atom stereocenters. The minimum atomic E-state index is 0.0116. The van der Waals surface area contributed by atoms with Gasteiger partial charge in [0.25, 0.3) is 0 Å². The average molecular weight is 277 g/mol. The van der Waals surface area contributed by atoms with Gasteiger partial charge in [-0.2, -0.15) is 0 Å². The van der Waals surface area contributed by atoms with Gasteiger partial charge >= 0.3 is 0 Å². The number of nitrogens with two attached hydrogens (primary N) is 1. The first-order chi connectivity index (χ1) is 9.06. The molecule has 1 aliphatic rings. The summed E-state index contributed by atoms with van der Waals surface area (Å²) in [7, 11) is 2.00. The normalized spacial score (nSPS) is 15.1. The molecule has 1 amide bonds. The molecule has 3 N–H and O–H groups in total. The summed E-state index contributed by atoms with van der Waals surface area (Å²) < 4.78 is 0. The Hall–Kier alpha value is -1.46. The van der Waals surface area contributed by atoms with E-state index in [2.05, 4.69) is 10.2 Å². The molecular weight excluding hydrogens is 258 g/mol. The van der Waals surface area contributed by atoms with Gasteiger partial charge in [-0.15, -0.1) is 0 Å². The summed E-state index contributed by atoms with van der Waals surface area (Å²) in [5.41, 5.74) is 7.10. The molecule has 102 valence electrons. The number of likely N-dealkylation sites (N-methyl/N-ethyl adjacent to an activating group) is 1. The maximum Gasteiger partial charge on any atom is 0.238 e. The number of carbonyl (C=O) groups is 1. The quantitative estimate of drug-likeness (QED) is 0.805. The standard InChI is InChI=1S/C14H19N3OS/c1-17(12-3-2-4-12)9-13(18)16-11-7-5-10(6-8-11)14(15)19/h5-8,12H,2-4,9H2,1H3,(H2,15,19)(H,16,18). The molecule has 4 nitrogen and oxygen atoms in total. The Morgan fingerprint density at radius 1 is 1.42 bits per heavy atom. The molecule has 1 fully saturated rings. The lowest BCUT2D eigenvalue weighted by atomic mass is 9.92. The SMILES string of the molecule is CN(CC(=O)Nc1ccc(C(N)=S)cc1)C1CCC1. The third kappa shape index (κ3) is 3.75. The fourth-order valence-electron chi connectivity index (χ4n) is 2.10. The fourth-order valence-corrected chi connectivity index (χ4v) is 2.24. The maximum absolute atomic E-state index is 11.9. The molecule has 0 radical (unpaired) electrons. The minimum Gasteiger partial charge on any atom is -0.389 e. The van der Waals surface area contributed by atoms with E-state index in [0.717, 1.165) is 11.3 Å². The van der Waals surface area contributed by atoms with Gasteiger partial charge in [0.2, 0.25) is 5.91 Å². The van der Waals surface area contributed by atoms with Crippen LogP contribution in [0.4, 0.5) is 5.69 Å². The van der Waals surface area contributed by atoms with Crippen LogP contribution in [-0.2, 0) is 4.79 Å². The summed E-state index contributed by atoms with van der Waals surface area (Å²) in [6, 6.07) is 7.83. The topological polar surface area (TPSA) is 58.4 Å². The van der Waals surface area contributed by atoms with Crippen LogP contribution in [-0.4, -0.2) is 35.4 Å². The zero-order valence-electron chi connectivity index (χ0n) is 11.1. The third-order valence-corrected chi connectivity index (χ3v) is 3.78. The van der Waals surface area contributed by atoms with Crippen molar-refractivity contribution in [3.8, 4) is 0 Å². The molecule has 0 aromatic heterocycles. The molecule has 0 spiro atoms. The number of anilines is 1. The molecular formula is C14H19N3OS. The lowest BCUT2D eigenvalue weighted by Gasteiger charge is -2.34. The number of thiocarbonyl (C=S) groups is 1. The molecule has 1 aromatic carbocycles. The van der Waals surface area contributed by atoms with Gasteiger partial charge in [-0.05, 0) is 44.2 Å². The van der Waals surface area contributed by atoms with E-state index >= 15 is 0 Å². The Balaban J connectivity index is 1.85. The molecule has 0 heterocycles. The van der Waals surface area contributed by atoms with E-state index in [-0.39, 0.29) is 5.91 Å². The van der Waals surface area contributed by atoms with Crippen molar-refractivity contribution in [2.24, 2.45) is 5.73 Å². The Labute approximate surface area is 119 Å². The average Bonchev–Trinajstić information content (AvgIpc) is 2.26. The number of hydrogen-bond donors (Lipinski definition) is 2. The number of rotatable bonds is 5. The second kappa shape index (κ2) is 6.12. The summed E-state index contributed by atoms with van der Waals surface area (Å²) in [6.45, 7) is 0.432. The number of carbonyl (C=O) groups excluding carboxylic acids is 1. The summed E-state index contributed by atoms with van der Waals surface area (Å²) in [4.78, 5) is 14.4.